The molecule has 1 aromatic carbocycles. The zero-order valence-corrected chi connectivity index (χ0v) is 15.3. The fourth-order valence-electron chi connectivity index (χ4n) is 2.86. The largest absolute Gasteiger partial charge is 0.463 e. The van der Waals surface area contributed by atoms with Crippen LogP contribution in [0.15, 0.2) is 64.9 Å². The highest BCUT2D eigenvalue weighted by atomic mass is 32.2. The number of nitrogens with zero attached hydrogens (tertiary/aromatic N) is 4. The molecular weight excluding hydrogens is 364 g/mol. The second-order valence-corrected chi connectivity index (χ2v) is 6.73. The number of carbonyl (C=O) groups excluding carboxylic acids is 1. The summed E-state index contributed by atoms with van der Waals surface area (Å²) in [5.41, 5.74) is 1.86. The Balaban J connectivity index is 1.90. The number of fused-ring (bicyclic) bond motifs is 3. The average molecular weight is 380 g/mol. The van der Waals surface area contributed by atoms with E-state index in [0.717, 1.165) is 5.56 Å². The summed E-state index contributed by atoms with van der Waals surface area (Å²) in [6, 6.07) is 10.9. The molecule has 0 aliphatic carbocycles. The summed E-state index contributed by atoms with van der Waals surface area (Å²) in [6.07, 6.45) is 2.51. The van der Waals surface area contributed by atoms with E-state index in [9.17, 15) is 4.79 Å². The molecule has 3 aromatic rings. The van der Waals surface area contributed by atoms with Crippen LogP contribution in [-0.4, -0.2) is 26.8 Å². The van der Waals surface area contributed by atoms with Crippen LogP contribution in [-0.2, 0) is 4.79 Å². The Morgan fingerprint density at radius 3 is 2.89 bits per heavy atom. The zero-order valence-electron chi connectivity index (χ0n) is 14.5. The van der Waals surface area contributed by atoms with E-state index < -0.39 is 6.23 Å². The lowest BCUT2D eigenvalue weighted by atomic mass is 10.1. The number of ether oxygens (including phenoxy) is 1. The number of benzene rings is 1. The van der Waals surface area contributed by atoms with E-state index in [4.69, 9.17) is 9.15 Å². The van der Waals surface area contributed by atoms with E-state index in [-0.39, 0.29) is 5.91 Å². The predicted octanol–water partition coefficient (Wildman–Crippen LogP) is 3.85. The maximum Gasteiger partial charge on any atom is 0.247 e. The molecule has 0 N–H and O–H groups in total. The number of anilines is 1. The zero-order chi connectivity index (χ0) is 18.8. The van der Waals surface area contributed by atoms with Gasteiger partial charge in [-0.05, 0) is 18.2 Å². The summed E-state index contributed by atoms with van der Waals surface area (Å²) >= 11 is 1.40. The number of rotatable bonds is 4. The Morgan fingerprint density at radius 2 is 2.15 bits per heavy atom. The third kappa shape index (κ3) is 3.19. The second kappa shape index (κ2) is 7.24. The lowest BCUT2D eigenvalue weighted by Gasteiger charge is -2.28. The second-order valence-electron chi connectivity index (χ2n) is 5.74. The summed E-state index contributed by atoms with van der Waals surface area (Å²) in [5, 5.41) is 8.97. The Bertz CT molecular complexity index is 990. The van der Waals surface area contributed by atoms with Gasteiger partial charge in [-0.25, -0.2) is 0 Å². The van der Waals surface area contributed by atoms with Gasteiger partial charge < -0.3 is 9.15 Å². The number of para-hydroxylation sites is 1. The summed E-state index contributed by atoms with van der Waals surface area (Å²) in [5.74, 6) is 1.25. The maximum atomic E-state index is 12.5. The lowest BCUT2D eigenvalue weighted by molar-refractivity contribution is -0.118. The molecule has 0 unspecified atom stereocenters. The molecule has 1 aliphatic heterocycles. The molecule has 2 aromatic heterocycles. The predicted molar refractivity (Wildman–Crippen MR) is 101 cm³/mol. The van der Waals surface area contributed by atoms with Crippen LogP contribution < -0.4 is 9.64 Å². The lowest BCUT2D eigenvalue weighted by Crippen LogP contribution is -2.35. The van der Waals surface area contributed by atoms with Crippen LogP contribution in [0.3, 0.4) is 0 Å². The van der Waals surface area contributed by atoms with E-state index in [1.165, 1.54) is 29.8 Å². The van der Waals surface area contributed by atoms with Crippen molar-refractivity contribution in [3.8, 4) is 17.1 Å². The molecule has 0 spiro atoms. The topological polar surface area (TPSA) is 81.3 Å². The molecule has 27 heavy (non-hydrogen) atoms. The number of hydrogen-bond acceptors (Lipinski definition) is 7. The van der Waals surface area contributed by atoms with E-state index in [1.54, 1.807) is 18.2 Å². The van der Waals surface area contributed by atoms with E-state index in [1.807, 2.05) is 24.3 Å². The van der Waals surface area contributed by atoms with Gasteiger partial charge in [0, 0.05) is 18.2 Å². The quantitative estimate of drug-likeness (QED) is 0.502. The standard InChI is InChI=1S/C19H16N4O3S/c1-3-11-27-19-20-17-16(21-22-19)13-7-4-5-8-14(13)23(12(2)24)18(26-17)15-9-6-10-25-15/h3-10,18H,1,11H2,2H3/t18-/m1/s1. The molecule has 0 radical (unpaired) electrons. The Hall–Kier alpha value is -3.13. The third-order valence-electron chi connectivity index (χ3n) is 3.97. The van der Waals surface area contributed by atoms with E-state index in [0.29, 0.717) is 33.9 Å². The van der Waals surface area contributed by atoms with Crippen molar-refractivity contribution in [1.82, 2.24) is 15.2 Å². The van der Waals surface area contributed by atoms with Gasteiger partial charge in [-0.15, -0.1) is 16.8 Å². The highest BCUT2D eigenvalue weighted by Crippen LogP contribution is 2.43. The van der Waals surface area contributed by atoms with Crippen molar-refractivity contribution in [2.45, 2.75) is 18.3 Å². The minimum Gasteiger partial charge on any atom is -0.463 e. The van der Waals surface area contributed by atoms with Gasteiger partial charge in [0.05, 0.1) is 12.0 Å². The van der Waals surface area contributed by atoms with Crippen molar-refractivity contribution in [1.29, 1.82) is 0 Å². The minimum absolute atomic E-state index is 0.189. The first kappa shape index (κ1) is 17.3. The molecule has 0 bridgehead atoms. The van der Waals surface area contributed by atoms with Crippen molar-refractivity contribution in [3.63, 3.8) is 0 Å². The minimum atomic E-state index is -0.797. The van der Waals surface area contributed by atoms with Gasteiger partial charge in [0.2, 0.25) is 23.2 Å². The number of furan rings is 1. The summed E-state index contributed by atoms with van der Waals surface area (Å²) in [7, 11) is 0. The van der Waals surface area contributed by atoms with Crippen molar-refractivity contribution in [3.05, 3.63) is 61.1 Å². The number of amides is 1. The van der Waals surface area contributed by atoms with Crippen molar-refractivity contribution < 1.29 is 13.9 Å². The van der Waals surface area contributed by atoms with Crippen LogP contribution in [0.4, 0.5) is 5.69 Å². The van der Waals surface area contributed by atoms with Gasteiger partial charge in [-0.3, -0.25) is 9.69 Å². The average Bonchev–Trinajstić information content (AvgIpc) is 3.16. The molecule has 1 aliphatic rings. The van der Waals surface area contributed by atoms with E-state index >= 15 is 0 Å². The van der Waals surface area contributed by atoms with Gasteiger partial charge >= 0.3 is 0 Å². The van der Waals surface area contributed by atoms with Crippen molar-refractivity contribution in [2.24, 2.45) is 0 Å². The highest BCUT2D eigenvalue weighted by molar-refractivity contribution is 7.99. The fraction of sp³-hybridized carbons (Fsp3) is 0.158. The van der Waals surface area contributed by atoms with Crippen LogP contribution in [0.1, 0.15) is 18.9 Å². The molecule has 7 nitrogen and oxygen atoms in total. The fourth-order valence-corrected chi connectivity index (χ4v) is 3.38. The van der Waals surface area contributed by atoms with Crippen LogP contribution >= 0.6 is 11.8 Å². The molecule has 1 atom stereocenters. The Morgan fingerprint density at radius 1 is 1.30 bits per heavy atom. The summed E-state index contributed by atoms with van der Waals surface area (Å²) < 4.78 is 11.7. The van der Waals surface area contributed by atoms with Crippen LogP contribution in [0.2, 0.25) is 0 Å². The summed E-state index contributed by atoms with van der Waals surface area (Å²) in [6.45, 7) is 5.18. The molecule has 136 valence electrons. The van der Waals surface area contributed by atoms with Crippen LogP contribution in [0, 0.1) is 0 Å². The smallest absolute Gasteiger partial charge is 0.247 e. The number of aromatic nitrogens is 3. The summed E-state index contributed by atoms with van der Waals surface area (Å²) in [4.78, 5) is 18.6. The number of thioether (sulfide) groups is 1. The van der Waals surface area contributed by atoms with Gasteiger partial charge in [0.15, 0.2) is 11.5 Å². The SMILES string of the molecule is C=CCSc1nnc2c(n1)O[C@H](c1ccco1)N(C(C)=O)c1ccccc1-2. The van der Waals surface area contributed by atoms with Gasteiger partial charge in [0.1, 0.15) is 0 Å². The molecule has 0 saturated heterocycles. The van der Waals surface area contributed by atoms with Crippen molar-refractivity contribution in [2.75, 3.05) is 10.7 Å². The van der Waals surface area contributed by atoms with Crippen LogP contribution in [0.5, 0.6) is 5.88 Å². The first-order chi connectivity index (χ1) is 13.2. The molecule has 1 amide bonds. The monoisotopic (exact) mass is 380 g/mol. The molecule has 0 saturated carbocycles. The van der Waals surface area contributed by atoms with Gasteiger partial charge in [0.25, 0.3) is 0 Å². The van der Waals surface area contributed by atoms with Crippen LogP contribution in [0.25, 0.3) is 11.3 Å². The normalized spacial score (nSPS) is 15.3. The number of hydrogen-bond donors (Lipinski definition) is 0. The first-order valence-corrected chi connectivity index (χ1v) is 9.25. The number of carbonyl (C=O) groups is 1. The van der Waals surface area contributed by atoms with Gasteiger partial charge in [-0.1, -0.05) is 36.0 Å². The molecular formula is C19H16N4O3S. The molecule has 3 heterocycles. The first-order valence-electron chi connectivity index (χ1n) is 8.26. The molecule has 4 rings (SSSR count). The van der Waals surface area contributed by atoms with E-state index in [2.05, 4.69) is 21.8 Å². The molecule has 0 fully saturated rings. The Labute approximate surface area is 160 Å². The van der Waals surface area contributed by atoms with Gasteiger partial charge in [-0.2, -0.15) is 4.98 Å². The third-order valence-corrected chi connectivity index (χ3v) is 4.80. The highest BCUT2D eigenvalue weighted by Gasteiger charge is 2.35. The Kier molecular flexibility index (Phi) is 4.64. The van der Waals surface area contributed by atoms with Crippen molar-refractivity contribution >= 4 is 23.4 Å². The molecule has 8 heteroatoms. The maximum absolute atomic E-state index is 12.5.